The summed E-state index contributed by atoms with van der Waals surface area (Å²) in [6.45, 7) is 0.508. The zero-order chi connectivity index (χ0) is 25.5. The van der Waals surface area contributed by atoms with Gasteiger partial charge >= 0.3 is 0 Å². The van der Waals surface area contributed by atoms with E-state index in [0.29, 0.717) is 6.54 Å². The van der Waals surface area contributed by atoms with Gasteiger partial charge in [-0.3, -0.25) is 4.40 Å². The molecule has 7 heteroatoms. The highest BCUT2D eigenvalue weighted by molar-refractivity contribution is 5.98. The van der Waals surface area contributed by atoms with E-state index in [0.717, 1.165) is 61.6 Å². The number of pyridine rings is 2. The molecule has 7 aromatic rings. The highest BCUT2D eigenvalue weighted by Gasteiger charge is 2.17. The first-order valence-electron chi connectivity index (χ1n) is 12.4. The second-order valence-corrected chi connectivity index (χ2v) is 9.13. The molecular formula is C31H23N7. The number of nitrogens with two attached hydrogens (primary N) is 1. The number of aromatic nitrogens is 6. The van der Waals surface area contributed by atoms with Gasteiger partial charge in [0, 0.05) is 35.5 Å². The van der Waals surface area contributed by atoms with E-state index in [4.69, 9.17) is 10.7 Å². The van der Waals surface area contributed by atoms with Crippen molar-refractivity contribution in [1.29, 1.82) is 0 Å². The molecule has 2 N–H and O–H groups in total. The monoisotopic (exact) mass is 493 g/mol. The van der Waals surface area contributed by atoms with Gasteiger partial charge in [0.2, 0.25) is 0 Å². The normalized spacial score (nSPS) is 11.4. The Kier molecular flexibility index (Phi) is 5.27. The lowest BCUT2D eigenvalue weighted by atomic mass is 9.97. The molecule has 0 aliphatic heterocycles. The number of hydrogen-bond donors (Lipinski definition) is 1. The Hall–Kier alpha value is -5.14. The third-order valence-corrected chi connectivity index (χ3v) is 6.78. The number of para-hydroxylation sites is 1. The summed E-state index contributed by atoms with van der Waals surface area (Å²) in [7, 11) is 0. The number of benzene rings is 3. The second kappa shape index (κ2) is 9.06. The molecule has 0 atom stereocenters. The summed E-state index contributed by atoms with van der Waals surface area (Å²) in [4.78, 5) is 5.12. The van der Waals surface area contributed by atoms with Crippen molar-refractivity contribution in [2.45, 2.75) is 6.54 Å². The van der Waals surface area contributed by atoms with E-state index in [1.165, 1.54) is 0 Å². The zero-order valence-electron chi connectivity index (χ0n) is 20.4. The van der Waals surface area contributed by atoms with E-state index in [2.05, 4.69) is 57.8 Å². The molecule has 0 aliphatic carbocycles. The Balaban J connectivity index is 1.40. The summed E-state index contributed by atoms with van der Waals surface area (Å²) < 4.78 is 3.84. The van der Waals surface area contributed by atoms with Crippen molar-refractivity contribution in [3.8, 4) is 39.5 Å². The van der Waals surface area contributed by atoms with E-state index in [-0.39, 0.29) is 0 Å². The van der Waals surface area contributed by atoms with Gasteiger partial charge in [-0.25, -0.2) is 9.67 Å². The molecule has 0 fully saturated rings. The van der Waals surface area contributed by atoms with Gasteiger partial charge in [-0.2, -0.15) is 5.10 Å². The molecule has 182 valence electrons. The molecule has 0 saturated carbocycles. The minimum Gasteiger partial charge on any atom is -0.326 e. The van der Waals surface area contributed by atoms with Crippen molar-refractivity contribution < 1.29 is 0 Å². The standard InChI is InChI=1S/C31H23N7/c32-18-21-11-13-23(14-12-21)29-26(22-7-3-1-4-8-22)17-27-28(34-29)15-16-37-30(35-36-31(27)37)24-19-33-38(20-24)25-9-5-2-6-10-25/h1-17,19-20H,18,32H2. The van der Waals surface area contributed by atoms with Crippen LogP contribution in [0.25, 0.3) is 56.0 Å². The van der Waals surface area contributed by atoms with E-state index in [1.807, 2.05) is 82.3 Å². The Morgan fingerprint density at radius 1 is 0.737 bits per heavy atom. The molecule has 4 aromatic heterocycles. The maximum atomic E-state index is 5.83. The molecule has 0 spiro atoms. The van der Waals surface area contributed by atoms with Crippen molar-refractivity contribution in [1.82, 2.24) is 29.4 Å². The molecule has 7 nitrogen and oxygen atoms in total. The van der Waals surface area contributed by atoms with Crippen molar-refractivity contribution in [3.63, 3.8) is 0 Å². The first kappa shape index (κ1) is 22.1. The quantitative estimate of drug-likeness (QED) is 0.321. The predicted octanol–water partition coefficient (Wildman–Crippen LogP) is 5.92. The molecule has 0 unspecified atom stereocenters. The first-order valence-corrected chi connectivity index (χ1v) is 12.4. The van der Waals surface area contributed by atoms with Crippen LogP contribution in [0.15, 0.2) is 116 Å². The van der Waals surface area contributed by atoms with Crippen molar-refractivity contribution in [2.75, 3.05) is 0 Å². The first-order chi connectivity index (χ1) is 18.8. The largest absolute Gasteiger partial charge is 0.326 e. The van der Waals surface area contributed by atoms with Gasteiger partial charge in [-0.1, -0.05) is 72.8 Å². The highest BCUT2D eigenvalue weighted by atomic mass is 15.3. The van der Waals surface area contributed by atoms with Gasteiger partial charge in [0.15, 0.2) is 11.5 Å². The van der Waals surface area contributed by atoms with E-state index in [1.54, 1.807) is 0 Å². The minimum atomic E-state index is 0.508. The Labute approximate surface area is 218 Å². The molecule has 7 rings (SSSR count). The molecule has 38 heavy (non-hydrogen) atoms. The highest BCUT2D eigenvalue weighted by Crippen LogP contribution is 2.35. The number of rotatable bonds is 5. The van der Waals surface area contributed by atoms with E-state index < -0.39 is 0 Å². The summed E-state index contributed by atoms with van der Waals surface area (Å²) in [5, 5.41) is 14.6. The van der Waals surface area contributed by atoms with Crippen LogP contribution in [0, 0.1) is 0 Å². The molecule has 0 bridgehead atoms. The van der Waals surface area contributed by atoms with Crippen LogP contribution in [0.1, 0.15) is 5.56 Å². The van der Waals surface area contributed by atoms with Crippen molar-refractivity contribution in [3.05, 3.63) is 121 Å². The predicted molar refractivity (Wildman–Crippen MR) is 150 cm³/mol. The maximum absolute atomic E-state index is 5.83. The van der Waals surface area contributed by atoms with Crippen LogP contribution in [-0.2, 0) is 6.54 Å². The third-order valence-electron chi connectivity index (χ3n) is 6.78. The Morgan fingerprint density at radius 3 is 2.26 bits per heavy atom. The zero-order valence-corrected chi connectivity index (χ0v) is 20.4. The van der Waals surface area contributed by atoms with Crippen LogP contribution in [0.5, 0.6) is 0 Å². The average molecular weight is 494 g/mol. The van der Waals surface area contributed by atoms with E-state index >= 15 is 0 Å². The maximum Gasteiger partial charge on any atom is 0.171 e. The number of nitrogens with zero attached hydrogens (tertiary/aromatic N) is 6. The molecule has 3 aromatic carbocycles. The second-order valence-electron chi connectivity index (χ2n) is 9.13. The lowest BCUT2D eigenvalue weighted by molar-refractivity contribution is 0.880. The SMILES string of the molecule is NCc1ccc(-c2nc3ccn4c(-c5cnn(-c6ccccc6)c5)nnc4c3cc2-c2ccccc2)cc1. The average Bonchev–Trinajstić information content (AvgIpc) is 3.65. The molecular weight excluding hydrogens is 470 g/mol. The number of hydrogen-bond acceptors (Lipinski definition) is 5. The number of fused-ring (bicyclic) bond motifs is 3. The van der Waals surface area contributed by atoms with Gasteiger partial charge in [-0.05, 0) is 35.4 Å². The fraction of sp³-hybridized carbons (Fsp3) is 0.0323. The lowest BCUT2D eigenvalue weighted by Gasteiger charge is -2.12. The van der Waals surface area contributed by atoms with E-state index in [9.17, 15) is 0 Å². The topological polar surface area (TPSA) is 86.9 Å². The Bertz CT molecular complexity index is 1890. The molecule has 4 heterocycles. The molecule has 0 amide bonds. The smallest absolute Gasteiger partial charge is 0.171 e. The molecule has 0 aliphatic rings. The Morgan fingerprint density at radius 2 is 1.50 bits per heavy atom. The molecule has 0 saturated heterocycles. The van der Waals surface area contributed by atoms with Crippen LogP contribution >= 0.6 is 0 Å². The van der Waals surface area contributed by atoms with Gasteiger partial charge in [0.05, 0.1) is 28.7 Å². The van der Waals surface area contributed by atoms with Crippen molar-refractivity contribution in [2.24, 2.45) is 5.73 Å². The van der Waals surface area contributed by atoms with Crippen molar-refractivity contribution >= 4 is 16.6 Å². The third kappa shape index (κ3) is 3.73. The fourth-order valence-electron chi connectivity index (χ4n) is 4.81. The van der Waals surface area contributed by atoms with Gasteiger partial charge in [0.1, 0.15) is 0 Å². The van der Waals surface area contributed by atoms with Crippen LogP contribution in [-0.4, -0.2) is 29.4 Å². The van der Waals surface area contributed by atoms with Crippen LogP contribution in [0.3, 0.4) is 0 Å². The fourth-order valence-corrected chi connectivity index (χ4v) is 4.81. The summed E-state index contributed by atoms with van der Waals surface area (Å²) in [6.07, 6.45) is 5.76. The minimum absolute atomic E-state index is 0.508. The summed E-state index contributed by atoms with van der Waals surface area (Å²) in [6, 6.07) is 32.8. The molecule has 0 radical (unpaired) electrons. The summed E-state index contributed by atoms with van der Waals surface area (Å²) >= 11 is 0. The van der Waals surface area contributed by atoms with Crippen LogP contribution in [0.2, 0.25) is 0 Å². The van der Waals surface area contributed by atoms with Crippen LogP contribution in [0.4, 0.5) is 0 Å². The van der Waals surface area contributed by atoms with Gasteiger partial charge in [0.25, 0.3) is 0 Å². The summed E-state index contributed by atoms with van der Waals surface area (Å²) in [5.41, 5.74) is 14.5. The summed E-state index contributed by atoms with van der Waals surface area (Å²) in [5.74, 6) is 0.729. The lowest BCUT2D eigenvalue weighted by Crippen LogP contribution is -1.97. The van der Waals surface area contributed by atoms with Gasteiger partial charge < -0.3 is 5.73 Å². The van der Waals surface area contributed by atoms with Crippen LogP contribution < -0.4 is 5.73 Å². The van der Waals surface area contributed by atoms with Gasteiger partial charge in [-0.15, -0.1) is 10.2 Å².